The van der Waals surface area contributed by atoms with Crippen molar-refractivity contribution in [2.45, 2.75) is 40.0 Å². The molecule has 0 N–H and O–H groups in total. The Morgan fingerprint density at radius 1 is 1.00 bits per heavy atom. The van der Waals surface area contributed by atoms with E-state index < -0.39 is 0 Å². The number of carbonyl (C=O) groups excluding carboxylic acids is 2. The maximum Gasteiger partial charge on any atom is 0.338 e. The molecule has 0 aliphatic heterocycles. The third kappa shape index (κ3) is 4.68. The molecule has 4 nitrogen and oxygen atoms in total. The molecule has 20 heavy (non-hydrogen) atoms. The lowest BCUT2D eigenvalue weighted by atomic mass is 9.98. The molecule has 0 radical (unpaired) electrons. The third-order valence-corrected chi connectivity index (χ3v) is 3.00. The summed E-state index contributed by atoms with van der Waals surface area (Å²) in [5, 5.41) is 0. The SMILES string of the molecule is CCOC(=O)CCc1cc(C(=O)OCC)ccc1CC. The Balaban J connectivity index is 2.83. The van der Waals surface area contributed by atoms with Crippen molar-refractivity contribution in [2.75, 3.05) is 13.2 Å². The van der Waals surface area contributed by atoms with Crippen LogP contribution in [0.2, 0.25) is 0 Å². The summed E-state index contributed by atoms with van der Waals surface area (Å²) >= 11 is 0. The first-order valence-corrected chi connectivity index (χ1v) is 7.06. The molecule has 0 aliphatic rings. The first-order valence-electron chi connectivity index (χ1n) is 7.06. The summed E-state index contributed by atoms with van der Waals surface area (Å²) in [4.78, 5) is 23.1. The van der Waals surface area contributed by atoms with Crippen LogP contribution in [-0.2, 0) is 27.1 Å². The Morgan fingerprint density at radius 2 is 1.70 bits per heavy atom. The van der Waals surface area contributed by atoms with E-state index in [4.69, 9.17) is 9.47 Å². The summed E-state index contributed by atoms with van der Waals surface area (Å²) in [7, 11) is 0. The van der Waals surface area contributed by atoms with E-state index in [9.17, 15) is 9.59 Å². The molecule has 0 atom stereocenters. The highest BCUT2D eigenvalue weighted by Crippen LogP contribution is 2.16. The van der Waals surface area contributed by atoms with E-state index in [-0.39, 0.29) is 11.9 Å². The number of carbonyl (C=O) groups is 2. The molecule has 1 aromatic rings. The summed E-state index contributed by atoms with van der Waals surface area (Å²) in [6.07, 6.45) is 1.77. The summed E-state index contributed by atoms with van der Waals surface area (Å²) in [6, 6.07) is 5.51. The van der Waals surface area contributed by atoms with Gasteiger partial charge in [-0.15, -0.1) is 0 Å². The Labute approximate surface area is 120 Å². The summed E-state index contributed by atoms with van der Waals surface area (Å²) < 4.78 is 9.91. The van der Waals surface area contributed by atoms with E-state index in [1.165, 1.54) is 0 Å². The van der Waals surface area contributed by atoms with Crippen LogP contribution in [-0.4, -0.2) is 25.2 Å². The predicted octanol–water partition coefficient (Wildman–Crippen LogP) is 2.92. The van der Waals surface area contributed by atoms with Gasteiger partial charge in [0.1, 0.15) is 0 Å². The third-order valence-electron chi connectivity index (χ3n) is 3.00. The minimum absolute atomic E-state index is 0.212. The average Bonchev–Trinajstić information content (AvgIpc) is 2.45. The van der Waals surface area contributed by atoms with Crippen molar-refractivity contribution in [3.63, 3.8) is 0 Å². The van der Waals surface area contributed by atoms with E-state index >= 15 is 0 Å². The zero-order valence-corrected chi connectivity index (χ0v) is 12.4. The van der Waals surface area contributed by atoms with E-state index in [1.54, 1.807) is 19.9 Å². The molecule has 1 rings (SSSR count). The quantitative estimate of drug-likeness (QED) is 0.720. The molecule has 0 aliphatic carbocycles. The molecule has 0 saturated heterocycles. The van der Waals surface area contributed by atoms with Crippen molar-refractivity contribution in [3.8, 4) is 0 Å². The predicted molar refractivity (Wildman–Crippen MR) is 76.7 cm³/mol. The lowest BCUT2D eigenvalue weighted by molar-refractivity contribution is -0.143. The number of benzene rings is 1. The monoisotopic (exact) mass is 278 g/mol. The molecular formula is C16H22O4. The second-order valence-electron chi connectivity index (χ2n) is 4.36. The molecular weight excluding hydrogens is 256 g/mol. The Hall–Kier alpha value is -1.84. The number of rotatable bonds is 7. The molecule has 0 heterocycles. The second-order valence-corrected chi connectivity index (χ2v) is 4.36. The van der Waals surface area contributed by atoms with E-state index in [0.717, 1.165) is 17.5 Å². The molecule has 0 aromatic heterocycles. The van der Waals surface area contributed by atoms with Gasteiger partial charge in [-0.2, -0.15) is 0 Å². The van der Waals surface area contributed by atoms with Crippen LogP contribution in [0.25, 0.3) is 0 Å². The fraction of sp³-hybridized carbons (Fsp3) is 0.500. The number of aryl methyl sites for hydroxylation is 2. The molecule has 110 valence electrons. The van der Waals surface area contributed by atoms with Gasteiger partial charge in [-0.3, -0.25) is 4.79 Å². The highest BCUT2D eigenvalue weighted by atomic mass is 16.5. The molecule has 0 amide bonds. The topological polar surface area (TPSA) is 52.6 Å². The molecule has 0 bridgehead atoms. The van der Waals surface area contributed by atoms with E-state index in [0.29, 0.717) is 31.6 Å². The smallest absolute Gasteiger partial charge is 0.338 e. The van der Waals surface area contributed by atoms with Crippen LogP contribution in [0.5, 0.6) is 0 Å². The van der Waals surface area contributed by atoms with Crippen LogP contribution < -0.4 is 0 Å². The van der Waals surface area contributed by atoms with Gasteiger partial charge in [-0.1, -0.05) is 13.0 Å². The lowest BCUT2D eigenvalue weighted by Crippen LogP contribution is -2.09. The van der Waals surface area contributed by atoms with Gasteiger partial charge in [0.15, 0.2) is 0 Å². The fourth-order valence-corrected chi connectivity index (χ4v) is 2.01. The van der Waals surface area contributed by atoms with Gasteiger partial charge >= 0.3 is 11.9 Å². The molecule has 0 fully saturated rings. The number of hydrogen-bond donors (Lipinski definition) is 0. The van der Waals surface area contributed by atoms with Crippen LogP contribution >= 0.6 is 0 Å². The van der Waals surface area contributed by atoms with Gasteiger partial charge in [-0.05, 0) is 49.9 Å². The number of ether oxygens (including phenoxy) is 2. The Bertz CT molecular complexity index is 466. The molecule has 1 aromatic carbocycles. The minimum atomic E-state index is -0.326. The van der Waals surface area contributed by atoms with E-state index in [1.807, 2.05) is 19.1 Å². The van der Waals surface area contributed by atoms with Crippen molar-refractivity contribution < 1.29 is 19.1 Å². The molecule has 4 heteroatoms. The van der Waals surface area contributed by atoms with Crippen molar-refractivity contribution in [3.05, 3.63) is 34.9 Å². The summed E-state index contributed by atoms with van der Waals surface area (Å²) in [5.74, 6) is -0.538. The molecule has 0 saturated carbocycles. The maximum atomic E-state index is 11.7. The first kappa shape index (κ1) is 16.2. The second kappa shape index (κ2) is 8.35. The lowest BCUT2D eigenvalue weighted by Gasteiger charge is -2.10. The van der Waals surface area contributed by atoms with Crippen LogP contribution in [0.1, 0.15) is 48.7 Å². The average molecular weight is 278 g/mol. The van der Waals surface area contributed by atoms with Gasteiger partial charge in [0.2, 0.25) is 0 Å². The minimum Gasteiger partial charge on any atom is -0.466 e. The molecule has 0 spiro atoms. The Kier molecular flexibility index (Phi) is 6.77. The zero-order chi connectivity index (χ0) is 15.0. The highest BCUT2D eigenvalue weighted by Gasteiger charge is 2.11. The maximum absolute atomic E-state index is 11.7. The number of esters is 2. The highest BCUT2D eigenvalue weighted by molar-refractivity contribution is 5.89. The van der Waals surface area contributed by atoms with Gasteiger partial charge in [-0.25, -0.2) is 4.79 Å². The first-order chi connectivity index (χ1) is 9.62. The van der Waals surface area contributed by atoms with Gasteiger partial charge < -0.3 is 9.47 Å². The van der Waals surface area contributed by atoms with Gasteiger partial charge in [0.05, 0.1) is 18.8 Å². The van der Waals surface area contributed by atoms with Crippen LogP contribution in [0.4, 0.5) is 0 Å². The largest absolute Gasteiger partial charge is 0.466 e. The Morgan fingerprint density at radius 3 is 2.30 bits per heavy atom. The van der Waals surface area contributed by atoms with Crippen molar-refractivity contribution in [1.82, 2.24) is 0 Å². The van der Waals surface area contributed by atoms with Crippen LogP contribution in [0.15, 0.2) is 18.2 Å². The van der Waals surface area contributed by atoms with Crippen molar-refractivity contribution >= 4 is 11.9 Å². The fourth-order valence-electron chi connectivity index (χ4n) is 2.01. The van der Waals surface area contributed by atoms with Crippen LogP contribution in [0.3, 0.4) is 0 Å². The standard InChI is InChI=1S/C16H22O4/c1-4-12-7-8-14(16(18)20-6-3)11-13(12)9-10-15(17)19-5-2/h7-8,11H,4-6,9-10H2,1-3H3. The van der Waals surface area contributed by atoms with Crippen molar-refractivity contribution in [2.24, 2.45) is 0 Å². The van der Waals surface area contributed by atoms with Gasteiger partial charge in [0.25, 0.3) is 0 Å². The van der Waals surface area contributed by atoms with Gasteiger partial charge in [0, 0.05) is 6.42 Å². The number of hydrogen-bond acceptors (Lipinski definition) is 4. The van der Waals surface area contributed by atoms with Crippen molar-refractivity contribution in [1.29, 1.82) is 0 Å². The molecule has 0 unspecified atom stereocenters. The summed E-state index contributed by atoms with van der Waals surface area (Å²) in [6.45, 7) is 6.36. The van der Waals surface area contributed by atoms with Crippen LogP contribution in [0, 0.1) is 0 Å². The van der Waals surface area contributed by atoms with E-state index in [2.05, 4.69) is 0 Å². The zero-order valence-electron chi connectivity index (χ0n) is 12.4. The summed E-state index contributed by atoms with van der Waals surface area (Å²) in [5.41, 5.74) is 2.68. The normalized spacial score (nSPS) is 10.2.